The monoisotopic (exact) mass is 296 g/mol. The van der Waals surface area contributed by atoms with Crippen LogP contribution < -0.4 is 0 Å². The number of allylic oxidation sites excluding steroid dienone is 2. The zero-order valence-electron chi connectivity index (χ0n) is 14.3. The highest BCUT2D eigenvalue weighted by atomic mass is 16.5. The Morgan fingerprint density at radius 1 is 0.952 bits per heavy atom. The van der Waals surface area contributed by atoms with E-state index in [1.165, 1.54) is 19.3 Å². The van der Waals surface area contributed by atoms with Gasteiger partial charge in [-0.1, -0.05) is 26.0 Å². The molecule has 0 heterocycles. The van der Waals surface area contributed by atoms with Crippen LogP contribution in [0.5, 0.6) is 0 Å². The molecule has 0 radical (unpaired) electrons. The highest BCUT2D eigenvalue weighted by Gasteiger charge is 2.20. The summed E-state index contributed by atoms with van der Waals surface area (Å²) < 4.78 is 11.9. The van der Waals surface area contributed by atoms with Gasteiger partial charge in [0, 0.05) is 19.1 Å². The van der Waals surface area contributed by atoms with Gasteiger partial charge in [-0.3, -0.25) is 0 Å². The quantitative estimate of drug-likeness (QED) is 0.275. The van der Waals surface area contributed by atoms with Crippen molar-refractivity contribution in [3.63, 3.8) is 0 Å². The maximum absolute atomic E-state index is 6.12. The molecule has 0 N–H and O–H groups in total. The summed E-state index contributed by atoms with van der Waals surface area (Å²) in [6.45, 7) is 14.5. The lowest BCUT2D eigenvalue weighted by atomic mass is 9.94. The van der Waals surface area contributed by atoms with E-state index in [9.17, 15) is 0 Å². The van der Waals surface area contributed by atoms with Crippen LogP contribution in [0.4, 0.5) is 0 Å². The molecular weight excluding hydrogens is 260 g/mol. The van der Waals surface area contributed by atoms with Crippen LogP contribution in [0.2, 0.25) is 0 Å². The third kappa shape index (κ3) is 11.7. The van der Waals surface area contributed by atoms with Crippen molar-refractivity contribution in [3.05, 3.63) is 25.3 Å². The standard InChI is InChI=1S/C19H36O2/c1-5-9-11-13-16-21-19(8-4)18(14-12-10-6-2)17-20-15-7-3/h5-6,18-19H,1-2,7-17H2,3-4H3. The number of unbranched alkanes of at least 4 members (excludes halogenated alkanes) is 3. The van der Waals surface area contributed by atoms with Gasteiger partial charge in [-0.05, 0) is 51.4 Å². The summed E-state index contributed by atoms with van der Waals surface area (Å²) in [6, 6.07) is 0. The van der Waals surface area contributed by atoms with Gasteiger partial charge in [0.25, 0.3) is 0 Å². The molecule has 0 aromatic rings. The van der Waals surface area contributed by atoms with Crippen LogP contribution in [-0.4, -0.2) is 25.9 Å². The minimum atomic E-state index is 0.329. The van der Waals surface area contributed by atoms with E-state index < -0.39 is 0 Å². The first-order chi connectivity index (χ1) is 10.3. The third-order valence-electron chi connectivity index (χ3n) is 3.73. The Hall–Kier alpha value is -0.600. The fraction of sp³-hybridized carbons (Fsp3) is 0.789. The zero-order chi connectivity index (χ0) is 15.8. The van der Waals surface area contributed by atoms with Crippen molar-refractivity contribution in [1.29, 1.82) is 0 Å². The van der Waals surface area contributed by atoms with Crippen molar-refractivity contribution in [3.8, 4) is 0 Å². The Morgan fingerprint density at radius 3 is 2.29 bits per heavy atom. The molecule has 0 aliphatic rings. The van der Waals surface area contributed by atoms with E-state index in [1.54, 1.807) is 0 Å². The molecule has 0 spiro atoms. The summed E-state index contributed by atoms with van der Waals surface area (Å²) in [6.07, 6.45) is 13.3. The van der Waals surface area contributed by atoms with Gasteiger partial charge >= 0.3 is 0 Å². The van der Waals surface area contributed by atoms with Gasteiger partial charge in [-0.25, -0.2) is 0 Å². The van der Waals surface area contributed by atoms with Crippen molar-refractivity contribution in [2.75, 3.05) is 19.8 Å². The molecule has 0 aliphatic carbocycles. The first kappa shape index (κ1) is 20.4. The zero-order valence-corrected chi connectivity index (χ0v) is 14.3. The molecule has 21 heavy (non-hydrogen) atoms. The van der Waals surface area contributed by atoms with Crippen LogP contribution in [0.25, 0.3) is 0 Å². The van der Waals surface area contributed by atoms with E-state index in [0.29, 0.717) is 12.0 Å². The molecule has 0 rings (SSSR count). The van der Waals surface area contributed by atoms with Crippen molar-refractivity contribution in [2.45, 2.75) is 71.3 Å². The maximum Gasteiger partial charge on any atom is 0.0622 e. The molecule has 0 saturated carbocycles. The summed E-state index contributed by atoms with van der Waals surface area (Å²) in [7, 11) is 0. The molecule has 2 unspecified atom stereocenters. The second-order valence-corrected chi connectivity index (χ2v) is 5.66. The average Bonchev–Trinajstić information content (AvgIpc) is 2.50. The Bertz CT molecular complexity index is 238. The van der Waals surface area contributed by atoms with Crippen molar-refractivity contribution >= 4 is 0 Å². The van der Waals surface area contributed by atoms with Crippen LogP contribution in [0, 0.1) is 5.92 Å². The summed E-state index contributed by atoms with van der Waals surface area (Å²) in [5.74, 6) is 0.515. The fourth-order valence-corrected chi connectivity index (χ4v) is 2.49. The SMILES string of the molecule is C=CCCCCOC(CC)C(CCCC=C)COCCC. The molecule has 124 valence electrons. The van der Waals surface area contributed by atoms with Crippen LogP contribution in [0.1, 0.15) is 65.2 Å². The molecule has 2 heteroatoms. The maximum atomic E-state index is 6.12. The molecular formula is C19H36O2. The second kappa shape index (κ2) is 15.8. The summed E-state index contributed by atoms with van der Waals surface area (Å²) in [5.41, 5.74) is 0. The lowest BCUT2D eigenvalue weighted by molar-refractivity contribution is -0.0289. The van der Waals surface area contributed by atoms with Gasteiger partial charge in [-0.15, -0.1) is 13.2 Å². The smallest absolute Gasteiger partial charge is 0.0622 e. The van der Waals surface area contributed by atoms with Gasteiger partial charge in [0.2, 0.25) is 0 Å². The first-order valence-corrected chi connectivity index (χ1v) is 8.71. The highest BCUT2D eigenvalue weighted by Crippen LogP contribution is 2.20. The van der Waals surface area contributed by atoms with Gasteiger partial charge < -0.3 is 9.47 Å². The topological polar surface area (TPSA) is 18.5 Å². The molecule has 0 aromatic carbocycles. The van der Waals surface area contributed by atoms with Gasteiger partial charge in [0.05, 0.1) is 12.7 Å². The number of ether oxygens (including phenoxy) is 2. The predicted molar refractivity (Wildman–Crippen MR) is 92.7 cm³/mol. The summed E-state index contributed by atoms with van der Waals surface area (Å²) >= 11 is 0. The van der Waals surface area contributed by atoms with E-state index in [2.05, 4.69) is 27.0 Å². The Kier molecular flexibility index (Phi) is 15.3. The number of hydrogen-bond acceptors (Lipinski definition) is 2. The van der Waals surface area contributed by atoms with E-state index in [-0.39, 0.29) is 0 Å². The van der Waals surface area contributed by atoms with Crippen LogP contribution in [0.3, 0.4) is 0 Å². The van der Waals surface area contributed by atoms with Gasteiger partial charge in [-0.2, -0.15) is 0 Å². The third-order valence-corrected chi connectivity index (χ3v) is 3.73. The molecule has 0 fully saturated rings. The van der Waals surface area contributed by atoms with Gasteiger partial charge in [0.1, 0.15) is 0 Å². The van der Waals surface area contributed by atoms with Crippen molar-refractivity contribution in [1.82, 2.24) is 0 Å². The van der Waals surface area contributed by atoms with Crippen LogP contribution in [-0.2, 0) is 9.47 Å². The Balaban J connectivity index is 4.14. The summed E-state index contributed by atoms with van der Waals surface area (Å²) in [4.78, 5) is 0. The van der Waals surface area contributed by atoms with E-state index in [0.717, 1.165) is 51.9 Å². The minimum Gasteiger partial charge on any atom is -0.381 e. The van der Waals surface area contributed by atoms with E-state index >= 15 is 0 Å². The van der Waals surface area contributed by atoms with Crippen molar-refractivity contribution < 1.29 is 9.47 Å². The highest BCUT2D eigenvalue weighted by molar-refractivity contribution is 4.73. The lowest BCUT2D eigenvalue weighted by Crippen LogP contribution is -2.28. The molecule has 0 amide bonds. The number of rotatable bonds is 16. The largest absolute Gasteiger partial charge is 0.381 e. The molecule has 2 atom stereocenters. The molecule has 0 aromatic heterocycles. The fourth-order valence-electron chi connectivity index (χ4n) is 2.49. The second-order valence-electron chi connectivity index (χ2n) is 5.66. The van der Waals surface area contributed by atoms with Crippen LogP contribution >= 0.6 is 0 Å². The Labute approximate surface area is 132 Å². The predicted octanol–water partition coefficient (Wildman–Crippen LogP) is 5.54. The molecule has 0 bridgehead atoms. The van der Waals surface area contributed by atoms with E-state index in [4.69, 9.17) is 9.47 Å². The van der Waals surface area contributed by atoms with E-state index in [1.807, 2.05) is 12.2 Å². The molecule has 0 saturated heterocycles. The lowest BCUT2D eigenvalue weighted by Gasteiger charge is -2.26. The summed E-state index contributed by atoms with van der Waals surface area (Å²) in [5, 5.41) is 0. The van der Waals surface area contributed by atoms with Crippen molar-refractivity contribution in [2.24, 2.45) is 5.92 Å². The van der Waals surface area contributed by atoms with Gasteiger partial charge in [0.15, 0.2) is 0 Å². The first-order valence-electron chi connectivity index (χ1n) is 8.71. The Morgan fingerprint density at radius 2 is 1.67 bits per heavy atom. The molecule has 0 aliphatic heterocycles. The van der Waals surface area contributed by atoms with Crippen LogP contribution in [0.15, 0.2) is 25.3 Å². The normalized spacial score (nSPS) is 13.8. The average molecular weight is 296 g/mol. The molecule has 2 nitrogen and oxygen atoms in total. The minimum absolute atomic E-state index is 0.329. The number of hydrogen-bond donors (Lipinski definition) is 0.